The lowest BCUT2D eigenvalue weighted by molar-refractivity contribution is 0.181. The number of pyridine rings is 1. The minimum absolute atomic E-state index is 0.127. The summed E-state index contributed by atoms with van der Waals surface area (Å²) in [5.74, 6) is 1.46. The van der Waals surface area contributed by atoms with E-state index in [9.17, 15) is 0 Å². The number of nitrogens with two attached hydrogens (primary N) is 1. The third-order valence-electron chi connectivity index (χ3n) is 4.57. The summed E-state index contributed by atoms with van der Waals surface area (Å²) in [6, 6.07) is 2.44. The van der Waals surface area contributed by atoms with Gasteiger partial charge in [0.25, 0.3) is 0 Å². The zero-order chi connectivity index (χ0) is 20.1. The zero-order valence-corrected chi connectivity index (χ0v) is 17.7. The van der Waals surface area contributed by atoms with Gasteiger partial charge in [-0.3, -0.25) is 0 Å². The van der Waals surface area contributed by atoms with Gasteiger partial charge in [-0.1, -0.05) is 13.8 Å². The molecule has 0 aliphatic rings. The summed E-state index contributed by atoms with van der Waals surface area (Å²) in [6.07, 6.45) is 1.98. The van der Waals surface area contributed by atoms with Crippen molar-refractivity contribution in [3.8, 4) is 17.1 Å². The normalized spacial score (nSPS) is 11.3. The Morgan fingerprint density at radius 1 is 1.04 bits per heavy atom. The van der Waals surface area contributed by atoms with Crippen LogP contribution in [0.1, 0.15) is 63.2 Å². The number of hydrogen-bond acceptors (Lipinski definition) is 6. The van der Waals surface area contributed by atoms with Gasteiger partial charge in [0.1, 0.15) is 11.5 Å². The molecule has 0 unspecified atom stereocenters. The van der Waals surface area contributed by atoms with E-state index in [0.717, 1.165) is 46.9 Å². The first kappa shape index (κ1) is 21.1. The maximum atomic E-state index is 6.04. The topological polar surface area (TPSA) is 86.0 Å². The second kappa shape index (κ2) is 9.13. The van der Waals surface area contributed by atoms with Gasteiger partial charge < -0.3 is 15.8 Å². The van der Waals surface area contributed by atoms with Gasteiger partial charge in [-0.25, -0.2) is 15.0 Å². The molecule has 148 valence electrons. The molecule has 0 saturated carbocycles. The summed E-state index contributed by atoms with van der Waals surface area (Å²) in [5, 5.41) is 3.39. The monoisotopic (exact) mass is 371 g/mol. The van der Waals surface area contributed by atoms with Gasteiger partial charge in [-0.15, -0.1) is 0 Å². The molecule has 0 bridgehead atoms. The number of nitrogens with zero attached hydrogens (tertiary/aromatic N) is 3. The molecule has 27 heavy (non-hydrogen) atoms. The first-order chi connectivity index (χ1) is 12.8. The fraction of sp³-hybridized carbons (Fsp3) is 0.571. The van der Waals surface area contributed by atoms with Gasteiger partial charge in [0, 0.05) is 23.8 Å². The number of ether oxygens (including phenoxy) is 1. The Bertz CT molecular complexity index is 785. The number of anilines is 1. The molecule has 2 aromatic rings. The van der Waals surface area contributed by atoms with Gasteiger partial charge in [-0.05, 0) is 59.1 Å². The number of nitrogens with one attached hydrogen (secondary N) is 1. The molecule has 0 spiro atoms. The zero-order valence-electron chi connectivity index (χ0n) is 17.7. The minimum atomic E-state index is 0.127. The Morgan fingerprint density at radius 2 is 1.70 bits per heavy atom. The fourth-order valence-electron chi connectivity index (χ4n) is 2.99. The van der Waals surface area contributed by atoms with E-state index in [1.165, 1.54) is 0 Å². The average molecular weight is 372 g/mol. The van der Waals surface area contributed by atoms with Crippen molar-refractivity contribution in [3.63, 3.8) is 0 Å². The van der Waals surface area contributed by atoms with Crippen LogP contribution in [0.3, 0.4) is 0 Å². The molecule has 2 aromatic heterocycles. The lowest BCUT2D eigenvalue weighted by Gasteiger charge is -2.19. The van der Waals surface area contributed by atoms with Crippen LogP contribution >= 0.6 is 0 Å². The molecule has 3 N–H and O–H groups in total. The fourth-order valence-corrected chi connectivity index (χ4v) is 2.99. The molecule has 0 saturated heterocycles. The molecule has 2 heterocycles. The first-order valence-corrected chi connectivity index (χ1v) is 9.79. The lowest BCUT2D eigenvalue weighted by atomic mass is 10.1. The van der Waals surface area contributed by atoms with E-state index < -0.39 is 0 Å². The van der Waals surface area contributed by atoms with Crippen LogP contribution < -0.4 is 15.8 Å². The smallest absolute Gasteiger partial charge is 0.237 e. The van der Waals surface area contributed by atoms with Crippen LogP contribution in [0, 0.1) is 20.8 Å². The second-order valence-electron chi connectivity index (χ2n) is 7.26. The maximum absolute atomic E-state index is 6.04. The average Bonchev–Trinajstić information content (AvgIpc) is 2.62. The van der Waals surface area contributed by atoms with Gasteiger partial charge in [0.05, 0.1) is 17.5 Å². The largest absolute Gasteiger partial charge is 0.473 e. The van der Waals surface area contributed by atoms with Gasteiger partial charge in [0.2, 0.25) is 5.88 Å². The van der Waals surface area contributed by atoms with Crippen molar-refractivity contribution in [2.45, 2.75) is 80.0 Å². The third-order valence-corrected chi connectivity index (χ3v) is 4.57. The van der Waals surface area contributed by atoms with Crippen LogP contribution in [-0.2, 0) is 6.54 Å². The maximum Gasteiger partial charge on any atom is 0.237 e. The van der Waals surface area contributed by atoms with Crippen molar-refractivity contribution in [1.29, 1.82) is 0 Å². The summed E-state index contributed by atoms with van der Waals surface area (Å²) in [7, 11) is 0. The molecule has 0 aliphatic heterocycles. The highest BCUT2D eigenvalue weighted by Crippen LogP contribution is 2.30. The number of aromatic nitrogens is 3. The summed E-state index contributed by atoms with van der Waals surface area (Å²) in [4.78, 5) is 14.2. The lowest BCUT2D eigenvalue weighted by Crippen LogP contribution is -2.18. The first-order valence-electron chi connectivity index (χ1n) is 9.79. The van der Waals surface area contributed by atoms with Crippen molar-refractivity contribution in [2.24, 2.45) is 5.73 Å². The van der Waals surface area contributed by atoms with Crippen LogP contribution in [0.25, 0.3) is 11.3 Å². The van der Waals surface area contributed by atoms with Crippen molar-refractivity contribution in [3.05, 3.63) is 28.7 Å². The highest BCUT2D eigenvalue weighted by atomic mass is 16.5. The Hall–Kier alpha value is -2.21. The molecule has 0 amide bonds. The Kier molecular flexibility index (Phi) is 7.13. The van der Waals surface area contributed by atoms with E-state index in [1.54, 1.807) is 0 Å². The Morgan fingerprint density at radius 3 is 2.26 bits per heavy atom. The van der Waals surface area contributed by atoms with Crippen LogP contribution in [0.4, 0.5) is 5.82 Å². The summed E-state index contributed by atoms with van der Waals surface area (Å²) >= 11 is 0. The molecule has 0 radical (unpaired) electrons. The van der Waals surface area contributed by atoms with E-state index in [4.69, 9.17) is 20.4 Å². The highest BCUT2D eigenvalue weighted by molar-refractivity contribution is 5.68. The molecule has 2 rings (SSSR count). The van der Waals surface area contributed by atoms with Crippen LogP contribution in [-0.4, -0.2) is 27.1 Å². The van der Waals surface area contributed by atoms with Crippen LogP contribution in [0.5, 0.6) is 5.88 Å². The number of aryl methyl sites for hydroxylation is 3. The molecule has 6 nitrogen and oxygen atoms in total. The van der Waals surface area contributed by atoms with E-state index in [0.29, 0.717) is 17.6 Å². The summed E-state index contributed by atoms with van der Waals surface area (Å²) in [6.45, 7) is 14.7. The Balaban J connectivity index is 2.48. The molecule has 0 fully saturated rings. The quantitative estimate of drug-likeness (QED) is 0.719. The van der Waals surface area contributed by atoms with E-state index in [-0.39, 0.29) is 12.6 Å². The SMILES string of the molecule is CCC(CC)Oc1nc(C)c(-c2cc(C)c(NC(C)C)nc2C)nc1CN. The van der Waals surface area contributed by atoms with Crippen LogP contribution in [0.15, 0.2) is 6.07 Å². The number of rotatable bonds is 8. The van der Waals surface area contributed by atoms with Crippen molar-refractivity contribution >= 4 is 5.82 Å². The van der Waals surface area contributed by atoms with Gasteiger partial charge in [0.15, 0.2) is 0 Å². The van der Waals surface area contributed by atoms with Crippen molar-refractivity contribution in [1.82, 2.24) is 15.0 Å². The standard InChI is InChI=1S/C21H33N5O/c1-8-16(9-2)27-21-18(11-22)26-19(15(7)25-21)17-10-13(5)20(23-12(3)4)24-14(17)6/h10,12,16H,8-9,11,22H2,1-7H3,(H,23,24). The van der Waals surface area contributed by atoms with E-state index in [1.807, 2.05) is 13.8 Å². The van der Waals surface area contributed by atoms with Crippen molar-refractivity contribution < 1.29 is 4.74 Å². The molecule has 6 heteroatoms. The minimum Gasteiger partial charge on any atom is -0.473 e. The molecule has 0 aromatic carbocycles. The summed E-state index contributed by atoms with van der Waals surface area (Å²) < 4.78 is 6.04. The number of hydrogen-bond donors (Lipinski definition) is 2. The molecule has 0 atom stereocenters. The predicted octanol–water partition coefficient (Wildman–Crippen LogP) is 4.31. The van der Waals surface area contributed by atoms with Crippen LogP contribution in [0.2, 0.25) is 0 Å². The van der Waals surface area contributed by atoms with E-state index >= 15 is 0 Å². The van der Waals surface area contributed by atoms with Gasteiger partial charge >= 0.3 is 0 Å². The predicted molar refractivity (Wildman–Crippen MR) is 111 cm³/mol. The van der Waals surface area contributed by atoms with Gasteiger partial charge in [-0.2, -0.15) is 0 Å². The molecule has 0 aliphatic carbocycles. The van der Waals surface area contributed by atoms with Crippen molar-refractivity contribution in [2.75, 3.05) is 5.32 Å². The molecular formula is C21H33N5O. The summed E-state index contributed by atoms with van der Waals surface area (Å²) in [5.41, 5.74) is 11.2. The molecular weight excluding hydrogens is 338 g/mol. The van der Waals surface area contributed by atoms with E-state index in [2.05, 4.69) is 51.0 Å². The Labute approximate surface area is 163 Å². The highest BCUT2D eigenvalue weighted by Gasteiger charge is 2.18. The second-order valence-corrected chi connectivity index (χ2v) is 7.26. The third kappa shape index (κ3) is 4.95.